The van der Waals surface area contributed by atoms with Crippen LogP contribution in [0.5, 0.6) is 0 Å². The van der Waals surface area contributed by atoms with Crippen molar-refractivity contribution >= 4 is 19.8 Å². The van der Waals surface area contributed by atoms with Crippen LogP contribution in [0.15, 0.2) is 0 Å². The number of phosphoric acid groups is 1. The molecule has 3 N–H and O–H groups in total. The molecule has 2 atom stereocenters. The van der Waals surface area contributed by atoms with E-state index in [1.807, 2.05) is 0 Å². The number of unbranched alkanes of at least 4 members (excludes halogenated alkanes) is 33. The van der Waals surface area contributed by atoms with Crippen molar-refractivity contribution in [2.75, 3.05) is 26.4 Å². The largest absolute Gasteiger partial charge is 0.472 e. The van der Waals surface area contributed by atoms with Gasteiger partial charge in [0.15, 0.2) is 6.10 Å². The van der Waals surface area contributed by atoms with E-state index in [2.05, 4.69) is 13.8 Å². The summed E-state index contributed by atoms with van der Waals surface area (Å²) in [5.74, 6) is -0.808. The highest BCUT2D eigenvalue weighted by Gasteiger charge is 2.26. The van der Waals surface area contributed by atoms with Crippen molar-refractivity contribution in [3.63, 3.8) is 0 Å². The van der Waals surface area contributed by atoms with Crippen molar-refractivity contribution in [1.29, 1.82) is 0 Å². The number of hydrogen-bond donors (Lipinski definition) is 2. The van der Waals surface area contributed by atoms with Gasteiger partial charge in [-0.2, -0.15) is 0 Å². The number of carbonyl (C=O) groups is 2. The first kappa shape index (κ1) is 55.0. The number of ether oxygens (including phenoxy) is 2. The number of rotatable bonds is 46. The van der Waals surface area contributed by atoms with Crippen molar-refractivity contribution in [2.45, 2.75) is 258 Å². The summed E-state index contributed by atoms with van der Waals surface area (Å²) in [7, 11) is -4.37. The van der Waals surface area contributed by atoms with Crippen LogP contribution in [0.25, 0.3) is 0 Å². The summed E-state index contributed by atoms with van der Waals surface area (Å²) in [6.07, 6.45) is 44.2. The summed E-state index contributed by atoms with van der Waals surface area (Å²) >= 11 is 0. The van der Waals surface area contributed by atoms with Crippen LogP contribution in [0.3, 0.4) is 0 Å². The summed E-state index contributed by atoms with van der Waals surface area (Å²) in [6, 6.07) is 0. The first-order chi connectivity index (χ1) is 27.3. The van der Waals surface area contributed by atoms with Gasteiger partial charge in [-0.1, -0.05) is 226 Å². The van der Waals surface area contributed by atoms with Gasteiger partial charge in [0.1, 0.15) is 6.61 Å². The maximum atomic E-state index is 12.6. The van der Waals surface area contributed by atoms with Crippen molar-refractivity contribution < 1.29 is 37.6 Å². The predicted octanol–water partition coefficient (Wildman–Crippen LogP) is 14.0. The molecule has 0 saturated carbocycles. The fourth-order valence-electron chi connectivity index (χ4n) is 7.17. The molecule has 0 aliphatic heterocycles. The Morgan fingerprint density at radius 3 is 1.09 bits per heavy atom. The van der Waals surface area contributed by atoms with E-state index < -0.39 is 26.5 Å². The molecule has 0 aromatic heterocycles. The lowest BCUT2D eigenvalue weighted by Crippen LogP contribution is -2.29. The van der Waals surface area contributed by atoms with Gasteiger partial charge in [-0.15, -0.1) is 0 Å². The lowest BCUT2D eigenvalue weighted by Gasteiger charge is -2.19. The molecule has 334 valence electrons. The molecule has 9 nitrogen and oxygen atoms in total. The van der Waals surface area contributed by atoms with Crippen LogP contribution in [0, 0.1) is 0 Å². The molecule has 0 saturated heterocycles. The van der Waals surface area contributed by atoms with Crippen LogP contribution in [0.4, 0.5) is 0 Å². The Labute approximate surface area is 346 Å². The van der Waals surface area contributed by atoms with Crippen LogP contribution in [0.1, 0.15) is 251 Å². The maximum absolute atomic E-state index is 12.6. The second-order valence-corrected chi connectivity index (χ2v) is 17.8. The third kappa shape index (κ3) is 42.6. The molecule has 0 radical (unpaired) electrons. The van der Waals surface area contributed by atoms with E-state index in [1.54, 1.807) is 0 Å². The minimum absolute atomic E-state index is 0.0583. The first-order valence-electron chi connectivity index (χ1n) is 24.0. The van der Waals surface area contributed by atoms with Crippen LogP contribution in [0.2, 0.25) is 0 Å². The number of phosphoric ester groups is 1. The standard InChI is InChI=1S/C46H92NO8P/c1-3-5-7-9-11-13-15-17-19-21-22-23-25-27-29-31-33-35-37-39-46(49)55-44(43-54-56(50,51)53-41-40-47)42-52-45(48)38-36-34-32-30-28-26-24-20-18-16-14-12-10-8-6-4-2/h44H,3-43,47H2,1-2H3,(H,50,51)/t44-/m1/s1. The monoisotopic (exact) mass is 818 g/mol. The van der Waals surface area contributed by atoms with Crippen molar-refractivity contribution in [2.24, 2.45) is 5.73 Å². The summed E-state index contributed by atoms with van der Waals surface area (Å²) < 4.78 is 32.9. The quantitative estimate of drug-likeness (QED) is 0.0350. The lowest BCUT2D eigenvalue weighted by atomic mass is 10.0. The topological polar surface area (TPSA) is 134 Å². The second-order valence-electron chi connectivity index (χ2n) is 16.3. The molecule has 0 amide bonds. The van der Waals surface area contributed by atoms with Gasteiger partial charge in [-0.3, -0.25) is 18.6 Å². The van der Waals surface area contributed by atoms with E-state index >= 15 is 0 Å². The molecule has 0 rings (SSSR count). The fraction of sp³-hybridized carbons (Fsp3) is 0.957. The molecule has 0 aromatic rings. The van der Waals surface area contributed by atoms with Crippen LogP contribution in [-0.2, 0) is 32.7 Å². The number of hydrogen-bond acceptors (Lipinski definition) is 8. The summed E-state index contributed by atoms with van der Waals surface area (Å²) in [5, 5.41) is 0. The smallest absolute Gasteiger partial charge is 0.462 e. The Morgan fingerprint density at radius 1 is 0.464 bits per heavy atom. The van der Waals surface area contributed by atoms with Crippen molar-refractivity contribution in [3.05, 3.63) is 0 Å². The van der Waals surface area contributed by atoms with E-state index in [0.29, 0.717) is 6.42 Å². The molecule has 56 heavy (non-hydrogen) atoms. The third-order valence-electron chi connectivity index (χ3n) is 10.7. The highest BCUT2D eigenvalue weighted by Crippen LogP contribution is 2.43. The maximum Gasteiger partial charge on any atom is 0.472 e. The van der Waals surface area contributed by atoms with Gasteiger partial charge in [-0.05, 0) is 12.8 Å². The van der Waals surface area contributed by atoms with Gasteiger partial charge in [-0.25, -0.2) is 4.57 Å². The van der Waals surface area contributed by atoms with Gasteiger partial charge in [0.2, 0.25) is 0 Å². The molecular formula is C46H92NO8P. The van der Waals surface area contributed by atoms with Crippen molar-refractivity contribution in [3.8, 4) is 0 Å². The number of esters is 2. The Morgan fingerprint density at radius 2 is 0.768 bits per heavy atom. The van der Waals surface area contributed by atoms with Gasteiger partial charge < -0.3 is 20.1 Å². The second kappa shape index (κ2) is 43.6. The Balaban J connectivity index is 4.03. The third-order valence-corrected chi connectivity index (χ3v) is 11.7. The van der Waals surface area contributed by atoms with E-state index in [-0.39, 0.29) is 38.6 Å². The molecule has 0 aliphatic carbocycles. The molecule has 0 bridgehead atoms. The molecule has 10 heteroatoms. The average Bonchev–Trinajstić information content (AvgIpc) is 3.18. The predicted molar refractivity (Wildman–Crippen MR) is 234 cm³/mol. The highest BCUT2D eigenvalue weighted by molar-refractivity contribution is 7.47. The average molecular weight is 818 g/mol. The van der Waals surface area contributed by atoms with Crippen molar-refractivity contribution in [1.82, 2.24) is 0 Å². The number of carbonyl (C=O) groups excluding carboxylic acids is 2. The minimum atomic E-state index is -4.37. The number of nitrogens with two attached hydrogens (primary N) is 1. The van der Waals surface area contributed by atoms with Gasteiger partial charge in [0.25, 0.3) is 0 Å². The Bertz CT molecular complexity index is 891. The Kier molecular flexibility index (Phi) is 42.8. The van der Waals surface area contributed by atoms with E-state index in [1.165, 1.54) is 186 Å². The molecular weight excluding hydrogens is 725 g/mol. The zero-order chi connectivity index (χ0) is 41.1. The summed E-state index contributed by atoms with van der Waals surface area (Å²) in [5.41, 5.74) is 5.36. The molecule has 0 aliphatic rings. The highest BCUT2D eigenvalue weighted by atomic mass is 31.2. The molecule has 0 fully saturated rings. The fourth-order valence-corrected chi connectivity index (χ4v) is 7.93. The Hall–Kier alpha value is -0.990. The van der Waals surface area contributed by atoms with Crippen LogP contribution < -0.4 is 5.73 Å². The van der Waals surface area contributed by atoms with Crippen LogP contribution in [-0.4, -0.2) is 49.3 Å². The van der Waals surface area contributed by atoms with E-state index in [9.17, 15) is 19.0 Å². The van der Waals surface area contributed by atoms with Gasteiger partial charge >= 0.3 is 19.8 Å². The van der Waals surface area contributed by atoms with Crippen LogP contribution >= 0.6 is 7.82 Å². The molecule has 0 aromatic carbocycles. The van der Waals surface area contributed by atoms with Gasteiger partial charge in [0.05, 0.1) is 13.2 Å². The summed E-state index contributed by atoms with van der Waals surface area (Å²) in [6.45, 7) is 3.79. The normalized spacial score (nSPS) is 13.1. The molecule has 0 spiro atoms. The van der Waals surface area contributed by atoms with E-state index in [4.69, 9.17) is 24.3 Å². The summed E-state index contributed by atoms with van der Waals surface area (Å²) in [4.78, 5) is 35.0. The minimum Gasteiger partial charge on any atom is -0.462 e. The zero-order valence-corrected chi connectivity index (χ0v) is 37.8. The van der Waals surface area contributed by atoms with E-state index in [0.717, 1.165) is 32.1 Å². The lowest BCUT2D eigenvalue weighted by molar-refractivity contribution is -0.161. The molecule has 1 unspecified atom stereocenters. The molecule has 0 heterocycles. The zero-order valence-electron chi connectivity index (χ0n) is 36.9. The SMILES string of the molecule is CCCCCCCCCCCCCCCCCCCCCC(=O)O[C@H](COC(=O)CCCCCCCCCCCCCCCCCC)COP(=O)(O)OCCN. The first-order valence-corrected chi connectivity index (χ1v) is 25.5. The van der Waals surface area contributed by atoms with Gasteiger partial charge in [0, 0.05) is 19.4 Å².